The zero-order valence-corrected chi connectivity index (χ0v) is 12.9. The van der Waals surface area contributed by atoms with Gasteiger partial charge in [0, 0.05) is 6.54 Å². The van der Waals surface area contributed by atoms with E-state index >= 15 is 0 Å². The zero-order chi connectivity index (χ0) is 12.5. The molecule has 0 unspecified atom stereocenters. The molecule has 1 amide bonds. The van der Waals surface area contributed by atoms with E-state index in [9.17, 15) is 4.79 Å². The summed E-state index contributed by atoms with van der Waals surface area (Å²) in [4.78, 5) is 14.3. The number of hydrogen-bond acceptors (Lipinski definition) is 1. The van der Waals surface area contributed by atoms with Crippen molar-refractivity contribution in [1.29, 1.82) is 0 Å². The Balaban J connectivity index is 0.00000133. The summed E-state index contributed by atoms with van der Waals surface area (Å²) >= 11 is 0. The van der Waals surface area contributed by atoms with Gasteiger partial charge in [-0.15, -0.1) is 0 Å². The van der Waals surface area contributed by atoms with Gasteiger partial charge in [0.1, 0.15) is 12.4 Å². The van der Waals surface area contributed by atoms with E-state index in [4.69, 9.17) is 0 Å². The first-order valence-corrected chi connectivity index (χ1v) is 6.19. The Bertz CT molecular complexity index is 594. The predicted octanol–water partition coefficient (Wildman–Crippen LogP) is -1.26. The van der Waals surface area contributed by atoms with Crippen LogP contribution < -0.4 is 33.4 Å². The van der Waals surface area contributed by atoms with Crippen LogP contribution >= 0.6 is 0 Å². The van der Waals surface area contributed by atoms with Crippen LogP contribution in [0.3, 0.4) is 0 Å². The van der Waals surface area contributed by atoms with Gasteiger partial charge in [-0.1, -0.05) is 18.2 Å². The molecular weight excluding hydrogens is 353 g/mol. The first-order valence-electron chi connectivity index (χ1n) is 6.19. The standard InChI is InChI=1S/C14H16N3O.HI/c1-15-9-10-16(11-15)14(18)17-8-4-6-12-5-2-3-7-13(12)17;/h2-3,5,7,9-11H,4,6,8H2,1H3;1H/q+1;/p-1. The van der Waals surface area contributed by atoms with Crippen LogP contribution in [-0.4, -0.2) is 17.1 Å². The number of nitrogens with zero attached hydrogens (tertiary/aromatic N) is 3. The number of aryl methyl sites for hydroxylation is 2. The van der Waals surface area contributed by atoms with Crippen molar-refractivity contribution in [1.82, 2.24) is 4.57 Å². The van der Waals surface area contributed by atoms with Crippen LogP contribution in [0.1, 0.15) is 12.0 Å². The number of aromatic nitrogens is 2. The second kappa shape index (κ2) is 5.73. The molecule has 0 aliphatic carbocycles. The van der Waals surface area contributed by atoms with Crippen LogP contribution in [0.5, 0.6) is 0 Å². The molecule has 5 heteroatoms. The highest BCUT2D eigenvalue weighted by Crippen LogP contribution is 2.27. The molecule has 0 N–H and O–H groups in total. The first-order chi connectivity index (χ1) is 8.75. The molecule has 0 saturated carbocycles. The van der Waals surface area contributed by atoms with Crippen molar-refractivity contribution in [2.24, 2.45) is 7.05 Å². The van der Waals surface area contributed by atoms with Crippen molar-refractivity contribution in [2.75, 3.05) is 11.4 Å². The van der Waals surface area contributed by atoms with Crippen molar-refractivity contribution < 1.29 is 33.3 Å². The molecule has 4 nitrogen and oxygen atoms in total. The highest BCUT2D eigenvalue weighted by atomic mass is 127. The topological polar surface area (TPSA) is 29.1 Å². The molecule has 2 aromatic rings. The van der Waals surface area contributed by atoms with Crippen LogP contribution in [0.25, 0.3) is 0 Å². The summed E-state index contributed by atoms with van der Waals surface area (Å²) in [6.45, 7) is 0.789. The Morgan fingerprint density at radius 1 is 1.32 bits per heavy atom. The minimum atomic E-state index is 0. The highest BCUT2D eigenvalue weighted by molar-refractivity contribution is 5.94. The van der Waals surface area contributed by atoms with Gasteiger partial charge in [-0.25, -0.2) is 9.36 Å². The Morgan fingerprint density at radius 3 is 2.84 bits per heavy atom. The van der Waals surface area contributed by atoms with Crippen molar-refractivity contribution >= 4 is 11.7 Å². The van der Waals surface area contributed by atoms with Crippen molar-refractivity contribution in [3.8, 4) is 0 Å². The number of rotatable bonds is 0. The number of hydrogen-bond donors (Lipinski definition) is 0. The van der Waals surface area contributed by atoms with Gasteiger partial charge < -0.3 is 24.0 Å². The van der Waals surface area contributed by atoms with Crippen molar-refractivity contribution in [3.05, 3.63) is 48.5 Å². The molecule has 100 valence electrons. The van der Waals surface area contributed by atoms with Crippen molar-refractivity contribution in [3.63, 3.8) is 0 Å². The molecule has 2 heterocycles. The molecule has 0 bridgehead atoms. The average Bonchev–Trinajstić information content (AvgIpc) is 2.84. The predicted molar refractivity (Wildman–Crippen MR) is 68.5 cm³/mol. The molecule has 0 atom stereocenters. The molecule has 0 radical (unpaired) electrons. The number of benzene rings is 1. The third-order valence-corrected chi connectivity index (χ3v) is 3.33. The molecule has 0 saturated heterocycles. The smallest absolute Gasteiger partial charge is 0.420 e. The van der Waals surface area contributed by atoms with E-state index in [1.807, 2.05) is 40.9 Å². The molecule has 3 rings (SSSR count). The van der Waals surface area contributed by atoms with Crippen LogP contribution in [-0.2, 0) is 13.5 Å². The van der Waals surface area contributed by atoms with Gasteiger partial charge in [-0.3, -0.25) is 4.90 Å². The number of imidazole rings is 1. The number of amides is 1. The lowest BCUT2D eigenvalue weighted by Gasteiger charge is -2.27. The molecule has 1 aromatic heterocycles. The second-order valence-electron chi connectivity index (χ2n) is 4.65. The average molecular weight is 369 g/mol. The van der Waals surface area contributed by atoms with Gasteiger partial charge in [0.15, 0.2) is 0 Å². The molecule has 0 spiro atoms. The minimum absolute atomic E-state index is 0. The third-order valence-electron chi connectivity index (χ3n) is 3.33. The van der Waals surface area contributed by atoms with Crippen molar-refractivity contribution in [2.45, 2.75) is 12.8 Å². The van der Waals surface area contributed by atoms with Crippen LogP contribution in [0.2, 0.25) is 0 Å². The maximum absolute atomic E-state index is 12.5. The summed E-state index contributed by atoms with van der Waals surface area (Å²) in [6, 6.07) is 8.16. The summed E-state index contributed by atoms with van der Waals surface area (Å²) in [7, 11) is 1.91. The van der Waals surface area contributed by atoms with E-state index in [0.717, 1.165) is 25.1 Å². The number of fused-ring (bicyclic) bond motifs is 1. The number of carbonyl (C=O) groups is 1. The maximum atomic E-state index is 12.5. The van der Waals surface area contributed by atoms with Crippen LogP contribution in [0.15, 0.2) is 43.0 Å². The summed E-state index contributed by atoms with van der Waals surface area (Å²) in [6.07, 6.45) is 7.53. The molecule has 1 aliphatic rings. The van der Waals surface area contributed by atoms with Gasteiger partial charge >= 0.3 is 6.03 Å². The van der Waals surface area contributed by atoms with Gasteiger partial charge in [0.05, 0.1) is 12.7 Å². The van der Waals surface area contributed by atoms with E-state index in [0.29, 0.717) is 0 Å². The minimum Gasteiger partial charge on any atom is -1.00 e. The fourth-order valence-corrected chi connectivity index (χ4v) is 2.44. The lowest BCUT2D eigenvalue weighted by molar-refractivity contribution is -0.670. The lowest BCUT2D eigenvalue weighted by Crippen LogP contribution is -3.00. The largest absolute Gasteiger partial charge is 1.00 e. The van der Waals surface area contributed by atoms with Gasteiger partial charge in [0.25, 0.3) is 6.33 Å². The highest BCUT2D eigenvalue weighted by Gasteiger charge is 2.26. The number of halogens is 1. The fraction of sp³-hybridized carbons (Fsp3) is 0.286. The van der Waals surface area contributed by atoms with Gasteiger partial charge in [-0.05, 0) is 24.5 Å². The summed E-state index contributed by atoms with van der Waals surface area (Å²) in [5, 5.41) is 0. The number of anilines is 1. The van der Waals surface area contributed by atoms with Gasteiger partial charge in [0.2, 0.25) is 0 Å². The Kier molecular flexibility index (Phi) is 4.24. The normalized spacial score (nSPS) is 13.6. The molecule has 19 heavy (non-hydrogen) atoms. The van der Waals surface area contributed by atoms with E-state index in [1.54, 1.807) is 17.1 Å². The number of carbonyl (C=O) groups excluding carboxylic acids is 1. The van der Waals surface area contributed by atoms with Gasteiger partial charge in [-0.2, -0.15) is 4.57 Å². The monoisotopic (exact) mass is 369 g/mol. The Hall–Kier alpha value is -1.37. The summed E-state index contributed by atoms with van der Waals surface area (Å²) in [5.74, 6) is 0. The fourth-order valence-electron chi connectivity index (χ4n) is 2.44. The first kappa shape index (κ1) is 14.0. The SMILES string of the molecule is C[n+]1ccn(C(=O)N2CCCc3ccccc32)c1.[I-]. The third kappa shape index (κ3) is 2.65. The quantitative estimate of drug-likeness (QED) is 0.421. The van der Waals surface area contributed by atoms with Crippen LogP contribution in [0, 0.1) is 0 Å². The second-order valence-corrected chi connectivity index (χ2v) is 4.65. The van der Waals surface area contributed by atoms with E-state index in [2.05, 4.69) is 6.07 Å². The molecule has 1 aliphatic heterocycles. The molecule has 0 fully saturated rings. The molecular formula is C14H16IN3O. The van der Waals surface area contributed by atoms with E-state index < -0.39 is 0 Å². The van der Waals surface area contributed by atoms with Crippen LogP contribution in [0.4, 0.5) is 10.5 Å². The van der Waals surface area contributed by atoms with E-state index in [1.165, 1.54) is 5.56 Å². The molecule has 1 aromatic carbocycles. The summed E-state index contributed by atoms with van der Waals surface area (Å²) < 4.78 is 3.50. The Labute approximate surface area is 129 Å². The maximum Gasteiger partial charge on any atom is 0.420 e. The lowest BCUT2D eigenvalue weighted by atomic mass is 10.0. The van der Waals surface area contributed by atoms with E-state index in [-0.39, 0.29) is 30.0 Å². The Morgan fingerprint density at radius 2 is 2.11 bits per heavy atom. The number of para-hydroxylation sites is 1. The zero-order valence-electron chi connectivity index (χ0n) is 10.8. The summed E-state index contributed by atoms with van der Waals surface area (Å²) in [5.41, 5.74) is 2.30.